The van der Waals surface area contributed by atoms with Crippen LogP contribution >= 0.6 is 11.3 Å². The summed E-state index contributed by atoms with van der Waals surface area (Å²) >= 11 is 1.07. The molecule has 26 heavy (non-hydrogen) atoms. The summed E-state index contributed by atoms with van der Waals surface area (Å²) in [6.45, 7) is 0.112. The van der Waals surface area contributed by atoms with Crippen LogP contribution in [0, 0.1) is 12.3 Å². The second-order valence-corrected chi connectivity index (χ2v) is 10.1. The summed E-state index contributed by atoms with van der Waals surface area (Å²) in [6.07, 6.45) is 6.51. The molecule has 0 saturated heterocycles. The smallest absolute Gasteiger partial charge is 0.285 e. The van der Waals surface area contributed by atoms with E-state index < -0.39 is 19.9 Å². The van der Waals surface area contributed by atoms with Crippen LogP contribution in [0.4, 0.5) is 0 Å². The molecule has 1 heterocycles. The second kappa shape index (κ2) is 6.72. The lowest BCUT2D eigenvalue weighted by Gasteiger charge is -2.02. The summed E-state index contributed by atoms with van der Waals surface area (Å²) in [5.74, 6) is 2.47. The molecule has 3 aromatic rings. The molecule has 0 bridgehead atoms. The van der Waals surface area contributed by atoms with Gasteiger partial charge in [0.15, 0.2) is 9.84 Å². The first kappa shape index (κ1) is 18.4. The van der Waals surface area contributed by atoms with Crippen LogP contribution in [-0.4, -0.2) is 27.7 Å². The number of rotatable bonds is 4. The molecule has 0 aliphatic carbocycles. The van der Waals surface area contributed by atoms with Gasteiger partial charge in [0.2, 0.25) is 4.80 Å². The van der Waals surface area contributed by atoms with Gasteiger partial charge < -0.3 is 4.57 Å². The summed E-state index contributed by atoms with van der Waals surface area (Å²) in [4.78, 5) is 0.408. The highest BCUT2D eigenvalue weighted by atomic mass is 32.2. The summed E-state index contributed by atoms with van der Waals surface area (Å²) in [7, 11) is -7.29. The van der Waals surface area contributed by atoms with Crippen molar-refractivity contribution in [1.82, 2.24) is 4.57 Å². The number of fused-ring (bicyclic) bond motifs is 1. The first-order valence-corrected chi connectivity index (χ1v) is 11.5. The van der Waals surface area contributed by atoms with Crippen LogP contribution in [0.1, 0.15) is 0 Å². The molecular formula is C17H14N2O4S3. The minimum Gasteiger partial charge on any atom is -0.304 e. The molecule has 0 fully saturated rings. The van der Waals surface area contributed by atoms with Gasteiger partial charge in [-0.25, -0.2) is 8.42 Å². The molecule has 0 aliphatic rings. The van der Waals surface area contributed by atoms with E-state index in [4.69, 9.17) is 6.42 Å². The molecule has 0 atom stereocenters. The molecule has 0 spiro atoms. The summed E-state index contributed by atoms with van der Waals surface area (Å²) in [6, 6.07) is 12.4. The topological polar surface area (TPSA) is 85.6 Å². The molecule has 9 heteroatoms. The van der Waals surface area contributed by atoms with Crippen LogP contribution in [0.15, 0.2) is 62.7 Å². The van der Waals surface area contributed by atoms with Gasteiger partial charge in [-0.2, -0.15) is 8.42 Å². The van der Waals surface area contributed by atoms with Gasteiger partial charge in [0.05, 0.1) is 26.6 Å². The number of hydrogen-bond acceptors (Lipinski definition) is 5. The van der Waals surface area contributed by atoms with E-state index in [1.54, 1.807) is 28.8 Å². The van der Waals surface area contributed by atoms with E-state index >= 15 is 0 Å². The van der Waals surface area contributed by atoms with E-state index in [0.29, 0.717) is 10.2 Å². The van der Waals surface area contributed by atoms with Crippen molar-refractivity contribution in [2.24, 2.45) is 4.40 Å². The van der Waals surface area contributed by atoms with Crippen LogP contribution in [0.2, 0.25) is 0 Å². The molecule has 0 unspecified atom stereocenters. The van der Waals surface area contributed by atoms with Gasteiger partial charge in [0.25, 0.3) is 10.0 Å². The molecular weight excluding hydrogens is 392 g/mol. The highest BCUT2D eigenvalue weighted by molar-refractivity contribution is 7.90. The summed E-state index contributed by atoms with van der Waals surface area (Å²) in [5.41, 5.74) is 0.627. The number of hydrogen-bond donors (Lipinski definition) is 0. The lowest BCUT2D eigenvalue weighted by atomic mass is 10.3. The molecule has 0 radical (unpaired) electrons. The van der Waals surface area contributed by atoms with Crippen molar-refractivity contribution in [3.05, 3.63) is 53.3 Å². The molecule has 134 valence electrons. The predicted octanol–water partition coefficient (Wildman–Crippen LogP) is 2.03. The number of benzene rings is 2. The molecule has 6 nitrogen and oxygen atoms in total. The third-order valence-corrected chi connectivity index (χ3v) is 7.12. The summed E-state index contributed by atoms with van der Waals surface area (Å²) in [5, 5.41) is 0. The fraction of sp³-hybridized carbons (Fsp3) is 0.118. The predicted molar refractivity (Wildman–Crippen MR) is 101 cm³/mol. The average molecular weight is 407 g/mol. The van der Waals surface area contributed by atoms with E-state index in [2.05, 4.69) is 10.3 Å². The zero-order valence-electron chi connectivity index (χ0n) is 13.7. The minimum atomic E-state index is -3.91. The monoisotopic (exact) mass is 406 g/mol. The van der Waals surface area contributed by atoms with Crippen LogP contribution in [0.25, 0.3) is 10.2 Å². The maximum Gasteiger partial charge on any atom is 0.285 e. The number of sulfonamides is 1. The van der Waals surface area contributed by atoms with Crippen molar-refractivity contribution < 1.29 is 16.8 Å². The molecule has 1 aromatic heterocycles. The van der Waals surface area contributed by atoms with Gasteiger partial charge in [-0.1, -0.05) is 35.5 Å². The number of nitrogens with zero attached hydrogens (tertiary/aromatic N) is 2. The molecule has 3 rings (SSSR count). The minimum absolute atomic E-state index is 0.0709. The number of sulfone groups is 1. The van der Waals surface area contributed by atoms with Crippen LogP contribution in [0.5, 0.6) is 0 Å². The lowest BCUT2D eigenvalue weighted by Crippen LogP contribution is -2.16. The summed E-state index contributed by atoms with van der Waals surface area (Å²) < 4.78 is 54.7. The largest absolute Gasteiger partial charge is 0.304 e. The van der Waals surface area contributed by atoms with Crippen LogP contribution in [-0.2, 0) is 26.4 Å². The number of aromatic nitrogens is 1. The SMILES string of the molecule is C#CCn1c(=NS(=O)(=O)c2ccccc2)sc2cc(S(C)(=O)=O)ccc21. The molecule has 0 amide bonds. The van der Waals surface area contributed by atoms with Crippen LogP contribution < -0.4 is 4.80 Å². The Morgan fingerprint density at radius 2 is 1.77 bits per heavy atom. The Labute approximate surface area is 155 Å². The normalized spacial score (nSPS) is 13.0. The van der Waals surface area contributed by atoms with Crippen molar-refractivity contribution in [3.8, 4) is 12.3 Å². The van der Waals surface area contributed by atoms with E-state index in [9.17, 15) is 16.8 Å². The van der Waals surface area contributed by atoms with Crippen molar-refractivity contribution >= 4 is 41.4 Å². The van der Waals surface area contributed by atoms with E-state index in [-0.39, 0.29) is 21.1 Å². The van der Waals surface area contributed by atoms with Crippen molar-refractivity contribution in [2.75, 3.05) is 6.26 Å². The highest BCUT2D eigenvalue weighted by Gasteiger charge is 2.15. The molecule has 0 aliphatic heterocycles. The first-order valence-electron chi connectivity index (χ1n) is 7.35. The van der Waals surface area contributed by atoms with E-state index in [0.717, 1.165) is 17.6 Å². The maximum absolute atomic E-state index is 12.5. The third-order valence-electron chi connectivity index (χ3n) is 3.57. The Balaban J connectivity index is 2.29. The lowest BCUT2D eigenvalue weighted by molar-refractivity contribution is 0.595. The molecule has 2 aromatic carbocycles. The standard InChI is InChI=1S/C17H14N2O4S3/c1-3-11-19-15-10-9-14(25(2,20)21)12-16(15)24-17(19)18-26(22,23)13-7-5-4-6-8-13/h1,4-10,12H,11H2,2H3. The van der Waals surface area contributed by atoms with E-state index in [1.165, 1.54) is 24.3 Å². The second-order valence-electron chi connectivity index (χ2n) is 5.46. The fourth-order valence-corrected chi connectivity index (χ4v) is 5.36. The van der Waals surface area contributed by atoms with Gasteiger partial charge in [0, 0.05) is 6.26 Å². The fourth-order valence-electron chi connectivity index (χ4n) is 2.35. The Morgan fingerprint density at radius 1 is 1.08 bits per heavy atom. The third kappa shape index (κ3) is 3.58. The highest BCUT2D eigenvalue weighted by Crippen LogP contribution is 2.22. The van der Waals surface area contributed by atoms with Gasteiger partial charge in [-0.05, 0) is 30.3 Å². The van der Waals surface area contributed by atoms with Gasteiger partial charge in [-0.3, -0.25) is 0 Å². The maximum atomic E-state index is 12.5. The van der Waals surface area contributed by atoms with Gasteiger partial charge in [0.1, 0.15) is 0 Å². The van der Waals surface area contributed by atoms with Gasteiger partial charge in [-0.15, -0.1) is 10.8 Å². The van der Waals surface area contributed by atoms with Crippen molar-refractivity contribution in [3.63, 3.8) is 0 Å². The van der Waals surface area contributed by atoms with E-state index in [1.807, 2.05) is 0 Å². The van der Waals surface area contributed by atoms with Gasteiger partial charge >= 0.3 is 0 Å². The van der Waals surface area contributed by atoms with Crippen molar-refractivity contribution in [1.29, 1.82) is 0 Å². The molecule has 0 N–H and O–H groups in total. The Kier molecular flexibility index (Phi) is 4.75. The Hall–Kier alpha value is -2.41. The average Bonchev–Trinajstić information content (AvgIpc) is 2.91. The van der Waals surface area contributed by atoms with Crippen molar-refractivity contribution in [2.45, 2.75) is 16.3 Å². The zero-order chi connectivity index (χ0) is 18.9. The Bertz CT molecular complexity index is 1290. The first-order chi connectivity index (χ1) is 12.2. The van der Waals surface area contributed by atoms with Crippen LogP contribution in [0.3, 0.4) is 0 Å². The molecule has 0 saturated carbocycles. The number of terminal acetylenes is 1. The quantitative estimate of drug-likeness (QED) is 0.621. The number of thiazole rings is 1. The zero-order valence-corrected chi connectivity index (χ0v) is 16.1. The Morgan fingerprint density at radius 3 is 2.38 bits per heavy atom.